The number of amides is 1. The third-order valence-electron chi connectivity index (χ3n) is 6.35. The van der Waals surface area contributed by atoms with Crippen LogP contribution < -0.4 is 10.6 Å². The Labute approximate surface area is 220 Å². The minimum atomic E-state index is -3.50. The van der Waals surface area contributed by atoms with Crippen LogP contribution in [0, 0.1) is 5.92 Å². The highest BCUT2D eigenvalue weighted by Gasteiger charge is 2.19. The maximum Gasteiger partial charge on any atom is 0.238 e. The van der Waals surface area contributed by atoms with Crippen LogP contribution in [0.4, 0.5) is 17.3 Å². The van der Waals surface area contributed by atoms with Gasteiger partial charge in [0.1, 0.15) is 0 Å². The second-order valence-corrected chi connectivity index (χ2v) is 11.3. The molecule has 0 spiro atoms. The van der Waals surface area contributed by atoms with E-state index in [-0.39, 0.29) is 17.6 Å². The van der Waals surface area contributed by atoms with Gasteiger partial charge in [0.2, 0.25) is 21.9 Å². The molecule has 196 valence electrons. The minimum absolute atomic E-state index is 0.0194. The van der Waals surface area contributed by atoms with Gasteiger partial charge in [-0.2, -0.15) is 5.10 Å². The molecule has 3 aromatic heterocycles. The highest BCUT2D eigenvalue weighted by Crippen LogP contribution is 2.33. The molecule has 5 rings (SSSR count). The van der Waals surface area contributed by atoms with Gasteiger partial charge in [0.25, 0.3) is 0 Å². The Morgan fingerprint density at radius 1 is 1.11 bits per heavy atom. The number of aromatic nitrogens is 5. The van der Waals surface area contributed by atoms with Crippen molar-refractivity contribution in [1.82, 2.24) is 23.7 Å². The zero-order valence-corrected chi connectivity index (χ0v) is 22.5. The SMILES string of the molecule is CCn1ncc2cc(Nc3nccc(-c4cn(S(=O)(=O)CC)c5ccccc45)n3)cc(NC(=O)C(C)C)c21. The lowest BCUT2D eigenvalue weighted by Gasteiger charge is -2.13. The number of nitrogens with zero attached hydrogens (tertiary/aromatic N) is 5. The van der Waals surface area contributed by atoms with Crippen LogP contribution in [0.3, 0.4) is 0 Å². The number of para-hydroxylation sites is 1. The quantitative estimate of drug-likeness (QED) is 0.289. The van der Waals surface area contributed by atoms with Crippen molar-refractivity contribution < 1.29 is 13.2 Å². The number of fused-ring (bicyclic) bond motifs is 2. The van der Waals surface area contributed by atoms with Gasteiger partial charge in [-0.05, 0) is 38.1 Å². The van der Waals surface area contributed by atoms with Crippen molar-refractivity contribution in [2.24, 2.45) is 5.92 Å². The van der Waals surface area contributed by atoms with Gasteiger partial charge < -0.3 is 10.6 Å². The molecule has 0 saturated carbocycles. The Kier molecular flexibility index (Phi) is 6.62. The molecule has 0 aliphatic carbocycles. The maximum absolute atomic E-state index is 12.7. The van der Waals surface area contributed by atoms with E-state index < -0.39 is 10.0 Å². The van der Waals surface area contributed by atoms with Gasteiger partial charge in [-0.1, -0.05) is 32.0 Å². The fourth-order valence-corrected chi connectivity index (χ4v) is 5.34. The van der Waals surface area contributed by atoms with Crippen LogP contribution in [0.15, 0.2) is 61.1 Å². The first-order chi connectivity index (χ1) is 18.2. The first-order valence-electron chi connectivity index (χ1n) is 12.5. The molecule has 0 aliphatic heterocycles. The van der Waals surface area contributed by atoms with Crippen LogP contribution in [0.25, 0.3) is 33.1 Å². The van der Waals surface area contributed by atoms with Gasteiger partial charge in [0.15, 0.2) is 0 Å². The molecule has 2 N–H and O–H groups in total. The van der Waals surface area contributed by atoms with E-state index in [9.17, 15) is 13.2 Å². The van der Waals surface area contributed by atoms with Gasteiger partial charge in [0, 0.05) is 46.9 Å². The molecular weight excluding hydrogens is 502 g/mol. The molecular formula is C27H29N7O3S. The molecule has 0 saturated heterocycles. The Bertz CT molecular complexity index is 1770. The molecule has 1 amide bonds. The third kappa shape index (κ3) is 4.60. The van der Waals surface area contributed by atoms with Crippen molar-refractivity contribution in [1.29, 1.82) is 0 Å². The Balaban J connectivity index is 1.55. The summed E-state index contributed by atoms with van der Waals surface area (Å²) in [4.78, 5) is 21.6. The number of hydrogen-bond acceptors (Lipinski definition) is 7. The van der Waals surface area contributed by atoms with E-state index in [0.29, 0.717) is 40.6 Å². The molecule has 0 radical (unpaired) electrons. The van der Waals surface area contributed by atoms with E-state index >= 15 is 0 Å². The number of carbonyl (C=O) groups is 1. The summed E-state index contributed by atoms with van der Waals surface area (Å²) in [7, 11) is -3.50. The lowest BCUT2D eigenvalue weighted by Crippen LogP contribution is -2.18. The lowest BCUT2D eigenvalue weighted by atomic mass is 10.1. The van der Waals surface area contributed by atoms with E-state index in [2.05, 4.69) is 20.7 Å². The van der Waals surface area contributed by atoms with Crippen LogP contribution in [0.5, 0.6) is 0 Å². The molecule has 10 nitrogen and oxygen atoms in total. The molecule has 11 heteroatoms. The van der Waals surface area contributed by atoms with Crippen LogP contribution in [-0.4, -0.2) is 43.8 Å². The van der Waals surface area contributed by atoms with Crippen molar-refractivity contribution in [3.63, 3.8) is 0 Å². The summed E-state index contributed by atoms with van der Waals surface area (Å²) >= 11 is 0. The van der Waals surface area contributed by atoms with Crippen molar-refractivity contribution >= 4 is 55.1 Å². The second kappa shape index (κ2) is 9.90. The molecule has 2 aromatic carbocycles. The second-order valence-electron chi connectivity index (χ2n) is 9.21. The fraction of sp³-hybridized carbons (Fsp3) is 0.259. The molecule has 3 heterocycles. The summed E-state index contributed by atoms with van der Waals surface area (Å²) in [6.45, 7) is 7.96. The number of benzene rings is 2. The zero-order valence-electron chi connectivity index (χ0n) is 21.6. The highest BCUT2D eigenvalue weighted by molar-refractivity contribution is 7.90. The molecule has 0 atom stereocenters. The number of carbonyl (C=O) groups excluding carboxylic acids is 1. The first-order valence-corrected chi connectivity index (χ1v) is 14.1. The summed E-state index contributed by atoms with van der Waals surface area (Å²) in [5.41, 5.74) is 4.03. The Morgan fingerprint density at radius 2 is 1.89 bits per heavy atom. The van der Waals surface area contributed by atoms with E-state index in [1.165, 1.54) is 3.97 Å². The van der Waals surface area contributed by atoms with Gasteiger partial charge in [-0.15, -0.1) is 0 Å². The minimum Gasteiger partial charge on any atom is -0.324 e. The van der Waals surface area contributed by atoms with E-state index in [0.717, 1.165) is 16.3 Å². The van der Waals surface area contributed by atoms with Crippen molar-refractivity contribution in [3.05, 3.63) is 61.1 Å². The van der Waals surface area contributed by atoms with Crippen LogP contribution in [0.1, 0.15) is 27.7 Å². The highest BCUT2D eigenvalue weighted by atomic mass is 32.2. The van der Waals surface area contributed by atoms with Gasteiger partial charge in [0.05, 0.1) is 34.4 Å². The zero-order chi connectivity index (χ0) is 27.0. The Morgan fingerprint density at radius 3 is 2.63 bits per heavy atom. The first kappa shape index (κ1) is 25.4. The summed E-state index contributed by atoms with van der Waals surface area (Å²) in [5, 5.41) is 12.3. The van der Waals surface area contributed by atoms with E-state index in [4.69, 9.17) is 4.98 Å². The summed E-state index contributed by atoms with van der Waals surface area (Å²) in [6.07, 6.45) is 5.00. The summed E-state index contributed by atoms with van der Waals surface area (Å²) in [6, 6.07) is 12.9. The predicted octanol–water partition coefficient (Wildman–Crippen LogP) is 5.00. The van der Waals surface area contributed by atoms with Crippen LogP contribution in [0.2, 0.25) is 0 Å². The molecule has 0 fully saturated rings. The maximum atomic E-state index is 12.7. The normalized spacial score (nSPS) is 11.9. The van der Waals surface area contributed by atoms with E-state index in [1.54, 1.807) is 37.6 Å². The van der Waals surface area contributed by atoms with Gasteiger partial charge in [-0.3, -0.25) is 9.48 Å². The number of anilines is 3. The molecule has 0 unspecified atom stereocenters. The Hall–Kier alpha value is -4.25. The van der Waals surface area contributed by atoms with Crippen molar-refractivity contribution in [3.8, 4) is 11.3 Å². The number of aryl methyl sites for hydroxylation is 1. The van der Waals surface area contributed by atoms with Crippen LogP contribution in [-0.2, 0) is 21.4 Å². The average molecular weight is 532 g/mol. The fourth-order valence-electron chi connectivity index (χ4n) is 4.34. The predicted molar refractivity (Wildman–Crippen MR) is 150 cm³/mol. The van der Waals surface area contributed by atoms with E-state index in [1.807, 2.05) is 55.8 Å². The topological polar surface area (TPSA) is 124 Å². The van der Waals surface area contributed by atoms with Gasteiger partial charge in [-0.25, -0.2) is 22.4 Å². The van der Waals surface area contributed by atoms with Gasteiger partial charge >= 0.3 is 0 Å². The largest absolute Gasteiger partial charge is 0.324 e. The van der Waals surface area contributed by atoms with Crippen LogP contribution >= 0.6 is 0 Å². The molecule has 0 aliphatic rings. The van der Waals surface area contributed by atoms with Crippen molar-refractivity contribution in [2.75, 3.05) is 16.4 Å². The lowest BCUT2D eigenvalue weighted by molar-refractivity contribution is -0.118. The number of rotatable bonds is 8. The smallest absolute Gasteiger partial charge is 0.238 e. The third-order valence-corrected chi connectivity index (χ3v) is 7.98. The monoisotopic (exact) mass is 531 g/mol. The number of nitrogens with one attached hydrogen (secondary N) is 2. The molecule has 38 heavy (non-hydrogen) atoms. The standard InChI is InChI=1S/C27H29N7O3S/c1-5-33-25-18(15-29-33)13-19(14-23(25)31-26(35)17(3)4)30-27-28-12-11-22(32-27)21-16-34(38(36,37)6-2)24-10-8-7-9-20(21)24/h7-17H,5-6H2,1-4H3,(H,31,35)(H,28,30,32). The summed E-state index contributed by atoms with van der Waals surface area (Å²) in [5.74, 6) is 0.0393. The molecule has 0 bridgehead atoms. The number of hydrogen-bond donors (Lipinski definition) is 2. The van der Waals surface area contributed by atoms with Crippen molar-refractivity contribution in [2.45, 2.75) is 34.2 Å². The molecule has 5 aromatic rings. The summed E-state index contributed by atoms with van der Waals surface area (Å²) < 4.78 is 28.6. The average Bonchev–Trinajstić information content (AvgIpc) is 3.51.